The van der Waals surface area contributed by atoms with Gasteiger partial charge in [-0.25, -0.2) is 0 Å². The molecule has 1 N–H and O–H groups in total. The van der Waals surface area contributed by atoms with Gasteiger partial charge in [0.15, 0.2) is 0 Å². The molecule has 0 heterocycles. The van der Waals surface area contributed by atoms with Crippen LogP contribution < -0.4 is 0 Å². The maximum absolute atomic E-state index is 11.3. The van der Waals surface area contributed by atoms with E-state index in [9.17, 15) is 13.2 Å². The number of aliphatic hydroxyl groups is 1. The van der Waals surface area contributed by atoms with Crippen LogP contribution in [0.4, 0.5) is 13.2 Å². The Kier molecular flexibility index (Phi) is 4.23. The average Bonchev–Trinajstić information content (AvgIpc) is 1.81. The second-order valence-corrected chi connectivity index (χ2v) is 2.54. The van der Waals surface area contributed by atoms with Gasteiger partial charge in [-0.05, 0) is 0 Å². The zero-order valence-electron chi connectivity index (χ0n) is 4.86. The molecule has 0 rings (SSSR count). The molecule has 1 atom stereocenters. The zero-order valence-corrected chi connectivity index (χ0v) is 6.44. The molecule has 0 bridgehead atoms. The summed E-state index contributed by atoms with van der Waals surface area (Å²) in [4.78, 5) is 0. The lowest BCUT2D eigenvalue weighted by molar-refractivity contribution is -0.178. The minimum Gasteiger partial charge on any atom is -0.393 e. The fraction of sp³-hybridized carbons (Fsp3) is 1.00. The summed E-state index contributed by atoms with van der Waals surface area (Å²) in [6, 6.07) is 0. The second-order valence-electron chi connectivity index (χ2n) is 1.52. The molecule has 0 amide bonds. The van der Waals surface area contributed by atoms with Crippen molar-refractivity contribution < 1.29 is 23.0 Å². The van der Waals surface area contributed by atoms with Crippen molar-refractivity contribution in [1.82, 2.24) is 0 Å². The third-order valence-electron chi connectivity index (χ3n) is 0.571. The van der Waals surface area contributed by atoms with Crippen LogP contribution in [0, 0.1) is 0 Å². The molecule has 0 aliphatic heterocycles. The van der Waals surface area contributed by atoms with Crippen molar-refractivity contribution in [2.24, 2.45) is 0 Å². The first-order valence-electron chi connectivity index (χ1n) is 2.39. The SMILES string of the molecule is OCC(Br)OCC(F)(F)F. The van der Waals surface area contributed by atoms with E-state index in [2.05, 4.69) is 20.7 Å². The molecule has 0 saturated carbocycles. The van der Waals surface area contributed by atoms with Crippen molar-refractivity contribution in [2.75, 3.05) is 13.2 Å². The van der Waals surface area contributed by atoms with Gasteiger partial charge in [-0.1, -0.05) is 15.9 Å². The third-order valence-corrected chi connectivity index (χ3v) is 1.13. The van der Waals surface area contributed by atoms with Crippen molar-refractivity contribution in [3.05, 3.63) is 0 Å². The Morgan fingerprint density at radius 2 is 2.00 bits per heavy atom. The summed E-state index contributed by atoms with van der Waals surface area (Å²) in [7, 11) is 0. The van der Waals surface area contributed by atoms with Crippen LogP contribution in [0.25, 0.3) is 0 Å². The largest absolute Gasteiger partial charge is 0.411 e. The van der Waals surface area contributed by atoms with Gasteiger partial charge in [0, 0.05) is 0 Å². The van der Waals surface area contributed by atoms with Crippen LogP contribution in [0.2, 0.25) is 0 Å². The predicted molar refractivity (Wildman–Crippen MR) is 31.8 cm³/mol. The van der Waals surface area contributed by atoms with Crippen molar-refractivity contribution in [3.8, 4) is 0 Å². The van der Waals surface area contributed by atoms with Gasteiger partial charge in [0.25, 0.3) is 0 Å². The molecule has 0 aromatic carbocycles. The number of halogens is 4. The summed E-state index contributed by atoms with van der Waals surface area (Å²) in [6.45, 7) is -1.82. The second kappa shape index (κ2) is 4.15. The highest BCUT2D eigenvalue weighted by Crippen LogP contribution is 2.16. The summed E-state index contributed by atoms with van der Waals surface area (Å²) in [6.07, 6.45) is -4.33. The number of alkyl halides is 4. The molecular formula is C4H6BrF3O2. The van der Waals surface area contributed by atoms with E-state index in [0.717, 1.165) is 0 Å². The molecule has 0 aromatic rings. The van der Waals surface area contributed by atoms with Crippen molar-refractivity contribution in [1.29, 1.82) is 0 Å². The van der Waals surface area contributed by atoms with Gasteiger partial charge in [0.1, 0.15) is 11.6 Å². The van der Waals surface area contributed by atoms with Crippen LogP contribution in [-0.2, 0) is 4.74 Å². The van der Waals surface area contributed by atoms with Gasteiger partial charge < -0.3 is 9.84 Å². The lowest BCUT2D eigenvalue weighted by atomic mass is 10.7. The van der Waals surface area contributed by atoms with Crippen molar-refractivity contribution in [2.45, 2.75) is 11.2 Å². The van der Waals surface area contributed by atoms with E-state index in [4.69, 9.17) is 5.11 Å². The Labute approximate surface area is 64.1 Å². The molecule has 0 spiro atoms. The number of ether oxygens (including phenoxy) is 1. The van der Waals surface area contributed by atoms with Gasteiger partial charge in [0.2, 0.25) is 0 Å². The summed E-state index contributed by atoms with van der Waals surface area (Å²) in [5.41, 5.74) is 0. The molecular weight excluding hydrogens is 217 g/mol. The van der Waals surface area contributed by atoms with Crippen LogP contribution in [-0.4, -0.2) is 29.5 Å². The van der Waals surface area contributed by atoms with Crippen molar-refractivity contribution in [3.63, 3.8) is 0 Å². The molecule has 0 aromatic heterocycles. The van der Waals surface area contributed by atoms with E-state index in [1.807, 2.05) is 0 Å². The molecule has 6 heteroatoms. The lowest BCUT2D eigenvalue weighted by Gasteiger charge is -2.09. The smallest absolute Gasteiger partial charge is 0.393 e. The highest BCUT2D eigenvalue weighted by molar-refractivity contribution is 9.09. The Bertz CT molecular complexity index is 95.0. The molecule has 0 saturated heterocycles. The molecule has 62 valence electrons. The lowest BCUT2D eigenvalue weighted by Crippen LogP contribution is -2.21. The van der Waals surface area contributed by atoms with E-state index in [1.165, 1.54) is 0 Å². The maximum atomic E-state index is 11.3. The van der Waals surface area contributed by atoms with Crippen LogP contribution in [0.5, 0.6) is 0 Å². The monoisotopic (exact) mass is 222 g/mol. The Morgan fingerprint density at radius 1 is 1.50 bits per heavy atom. The highest BCUT2D eigenvalue weighted by atomic mass is 79.9. The first-order valence-corrected chi connectivity index (χ1v) is 3.30. The van der Waals surface area contributed by atoms with E-state index in [0.29, 0.717) is 0 Å². The van der Waals surface area contributed by atoms with Crippen LogP contribution in [0.3, 0.4) is 0 Å². The maximum Gasteiger partial charge on any atom is 0.411 e. The van der Waals surface area contributed by atoms with Gasteiger partial charge in [0.05, 0.1) is 6.61 Å². The number of hydrogen-bond acceptors (Lipinski definition) is 2. The molecule has 0 aliphatic carbocycles. The predicted octanol–water partition coefficient (Wildman–Crippen LogP) is 1.28. The Morgan fingerprint density at radius 3 is 2.30 bits per heavy atom. The highest BCUT2D eigenvalue weighted by Gasteiger charge is 2.28. The van der Waals surface area contributed by atoms with E-state index >= 15 is 0 Å². The minimum atomic E-state index is -4.33. The zero-order chi connectivity index (χ0) is 8.20. The molecule has 0 fully saturated rings. The van der Waals surface area contributed by atoms with Gasteiger partial charge in [-0.15, -0.1) is 0 Å². The first kappa shape index (κ1) is 10.2. The summed E-state index contributed by atoms with van der Waals surface area (Å²) >= 11 is 2.66. The van der Waals surface area contributed by atoms with Crippen LogP contribution in [0.1, 0.15) is 0 Å². The summed E-state index contributed by atoms with van der Waals surface area (Å²) in [5.74, 6) is 0. The number of rotatable bonds is 3. The Balaban J connectivity index is 3.36. The van der Waals surface area contributed by atoms with Gasteiger partial charge in [-0.2, -0.15) is 13.2 Å². The van der Waals surface area contributed by atoms with Crippen LogP contribution in [0.15, 0.2) is 0 Å². The fourth-order valence-electron chi connectivity index (χ4n) is 0.238. The quantitative estimate of drug-likeness (QED) is 0.730. The van der Waals surface area contributed by atoms with E-state index in [1.54, 1.807) is 0 Å². The third kappa shape index (κ3) is 6.31. The van der Waals surface area contributed by atoms with Crippen LogP contribution >= 0.6 is 15.9 Å². The molecule has 0 radical (unpaired) electrons. The summed E-state index contributed by atoms with van der Waals surface area (Å²) < 4.78 is 38.1. The van der Waals surface area contributed by atoms with Gasteiger partial charge >= 0.3 is 6.18 Å². The average molecular weight is 223 g/mol. The molecule has 1 unspecified atom stereocenters. The standard InChI is InChI=1S/C4H6BrF3O2/c5-3(1-9)10-2-4(6,7)8/h3,9H,1-2H2. The molecule has 0 aliphatic rings. The number of aliphatic hydroxyl groups excluding tert-OH is 1. The molecule has 10 heavy (non-hydrogen) atoms. The fourth-order valence-corrected chi connectivity index (χ4v) is 0.370. The first-order chi connectivity index (χ1) is 4.45. The van der Waals surface area contributed by atoms with Gasteiger partial charge in [-0.3, -0.25) is 0 Å². The number of hydrogen-bond donors (Lipinski definition) is 1. The Hall–Kier alpha value is 0.190. The molecule has 2 nitrogen and oxygen atoms in total. The minimum absolute atomic E-state index is 0.476. The van der Waals surface area contributed by atoms with E-state index < -0.39 is 24.4 Å². The normalized spacial score (nSPS) is 15.3. The van der Waals surface area contributed by atoms with E-state index in [-0.39, 0.29) is 0 Å². The van der Waals surface area contributed by atoms with Crippen molar-refractivity contribution >= 4 is 15.9 Å². The summed E-state index contributed by atoms with van der Waals surface area (Å²) in [5, 5.41) is 7.26. The topological polar surface area (TPSA) is 29.5 Å².